The van der Waals surface area contributed by atoms with Gasteiger partial charge in [-0.3, -0.25) is 4.79 Å². The van der Waals surface area contributed by atoms with Crippen LogP contribution in [-0.4, -0.2) is 36.0 Å². The van der Waals surface area contributed by atoms with E-state index in [2.05, 4.69) is 20.8 Å². The maximum Gasteiger partial charge on any atom is 0.310 e. The Morgan fingerprint density at radius 1 is 1.47 bits per heavy atom. The summed E-state index contributed by atoms with van der Waals surface area (Å²) in [6.07, 6.45) is 2.65. The molecule has 0 bridgehead atoms. The second-order valence-corrected chi connectivity index (χ2v) is 4.82. The van der Waals surface area contributed by atoms with Crippen LogP contribution in [0.3, 0.4) is 0 Å². The molecular formula is C12H23NO3Y-2. The summed E-state index contributed by atoms with van der Waals surface area (Å²) >= 11 is 0. The number of amides is 1. The van der Waals surface area contributed by atoms with Crippen LogP contribution in [0.2, 0.25) is 0 Å². The number of nitrogens with zero attached hydrogens (tertiary/aromatic N) is 1. The Hall–Kier alpha value is 0.0439. The smallest absolute Gasteiger partial charge is 0.310 e. The van der Waals surface area contributed by atoms with Crippen LogP contribution in [-0.2, 0) is 42.3 Å². The SMILES string of the molecule is CN([C-]=O)CC(C)(C)C(=O)O.[CH2-]CC(C)C.[Y]. The van der Waals surface area contributed by atoms with Gasteiger partial charge in [-0.25, -0.2) is 0 Å². The van der Waals surface area contributed by atoms with Crippen molar-refractivity contribution in [3.63, 3.8) is 0 Å². The molecule has 0 aromatic heterocycles. The van der Waals surface area contributed by atoms with Gasteiger partial charge in [0, 0.05) is 39.3 Å². The first kappa shape index (κ1) is 22.2. The van der Waals surface area contributed by atoms with Crippen LogP contribution in [0.1, 0.15) is 34.1 Å². The summed E-state index contributed by atoms with van der Waals surface area (Å²) in [7, 11) is 1.50. The van der Waals surface area contributed by atoms with Gasteiger partial charge in [0.2, 0.25) is 0 Å². The number of rotatable bonds is 5. The molecule has 0 saturated heterocycles. The van der Waals surface area contributed by atoms with E-state index < -0.39 is 11.4 Å². The molecule has 0 aromatic rings. The Labute approximate surface area is 130 Å². The maximum absolute atomic E-state index is 10.5. The van der Waals surface area contributed by atoms with Gasteiger partial charge in [0.05, 0.1) is 5.41 Å². The Balaban J connectivity index is -0.000000280. The van der Waals surface area contributed by atoms with Gasteiger partial charge in [-0.15, -0.1) is 0 Å². The summed E-state index contributed by atoms with van der Waals surface area (Å²) in [6, 6.07) is 0. The molecule has 0 aromatic carbocycles. The number of hydrogen-bond donors (Lipinski definition) is 1. The number of carbonyl (C=O) groups excluding carboxylic acids is 1. The molecule has 0 heterocycles. The third kappa shape index (κ3) is 14.0. The first-order valence-electron chi connectivity index (χ1n) is 5.29. The van der Waals surface area contributed by atoms with Gasteiger partial charge in [-0.2, -0.15) is 12.8 Å². The summed E-state index contributed by atoms with van der Waals surface area (Å²) in [5.74, 6) is -0.144. The maximum atomic E-state index is 10.5. The first-order valence-corrected chi connectivity index (χ1v) is 5.29. The Morgan fingerprint density at radius 3 is 2.00 bits per heavy atom. The molecule has 4 nitrogen and oxygen atoms in total. The molecule has 99 valence electrons. The van der Waals surface area contributed by atoms with E-state index in [1.165, 1.54) is 11.9 Å². The zero-order valence-corrected chi connectivity index (χ0v) is 14.3. The predicted octanol–water partition coefficient (Wildman–Crippen LogP) is 1.96. The number of hydrogen-bond acceptors (Lipinski definition) is 2. The van der Waals surface area contributed by atoms with Crippen molar-refractivity contribution >= 4 is 12.4 Å². The number of carboxylic acid groups (broad SMARTS) is 1. The first-order chi connectivity index (χ1) is 7.17. The average molecular weight is 318 g/mol. The number of carbonyl (C=O) groups is 1. The van der Waals surface area contributed by atoms with Crippen molar-refractivity contribution in [1.29, 1.82) is 0 Å². The van der Waals surface area contributed by atoms with Gasteiger partial charge < -0.3 is 21.7 Å². The van der Waals surface area contributed by atoms with Crippen molar-refractivity contribution in [3.8, 4) is 0 Å². The van der Waals surface area contributed by atoms with Gasteiger partial charge >= 0.3 is 5.97 Å². The molecule has 1 radical (unpaired) electrons. The molecule has 0 rings (SSSR count). The van der Waals surface area contributed by atoms with E-state index in [4.69, 9.17) is 5.11 Å². The van der Waals surface area contributed by atoms with Crippen LogP contribution in [0.4, 0.5) is 0 Å². The van der Waals surface area contributed by atoms with Gasteiger partial charge in [-0.1, -0.05) is 19.8 Å². The van der Waals surface area contributed by atoms with Crippen molar-refractivity contribution < 1.29 is 47.4 Å². The normalized spacial score (nSPS) is 9.82. The largest absolute Gasteiger partial charge is 0.520 e. The van der Waals surface area contributed by atoms with Crippen LogP contribution in [0.25, 0.3) is 0 Å². The van der Waals surface area contributed by atoms with Crippen LogP contribution < -0.4 is 0 Å². The van der Waals surface area contributed by atoms with Gasteiger partial charge in [-0.05, 0) is 20.9 Å². The van der Waals surface area contributed by atoms with Crippen molar-refractivity contribution in [2.75, 3.05) is 13.6 Å². The molecular weight excluding hydrogens is 295 g/mol. The molecule has 0 aliphatic rings. The molecule has 0 fully saturated rings. The minimum Gasteiger partial charge on any atom is -0.520 e. The summed E-state index contributed by atoms with van der Waals surface area (Å²) < 4.78 is 0. The fourth-order valence-corrected chi connectivity index (χ4v) is 0.693. The zero-order valence-electron chi connectivity index (χ0n) is 11.5. The molecule has 0 aliphatic carbocycles. The van der Waals surface area contributed by atoms with E-state index in [0.29, 0.717) is 0 Å². The molecule has 0 atom stereocenters. The Morgan fingerprint density at radius 2 is 1.82 bits per heavy atom. The van der Waals surface area contributed by atoms with Gasteiger partial charge in [0.1, 0.15) is 0 Å². The van der Waals surface area contributed by atoms with Gasteiger partial charge in [0.25, 0.3) is 0 Å². The molecule has 0 unspecified atom stereocenters. The summed E-state index contributed by atoms with van der Waals surface area (Å²) in [6.45, 7) is 11.3. The minimum atomic E-state index is -0.917. The van der Waals surface area contributed by atoms with E-state index >= 15 is 0 Å². The predicted molar refractivity (Wildman–Crippen MR) is 64.6 cm³/mol. The molecule has 5 heteroatoms. The van der Waals surface area contributed by atoms with Crippen LogP contribution in [0.15, 0.2) is 0 Å². The van der Waals surface area contributed by atoms with Crippen LogP contribution in [0, 0.1) is 18.3 Å². The van der Waals surface area contributed by atoms with E-state index in [1.54, 1.807) is 20.3 Å². The molecule has 17 heavy (non-hydrogen) atoms. The molecule has 0 aliphatic heterocycles. The summed E-state index contributed by atoms with van der Waals surface area (Å²) in [4.78, 5) is 21.7. The molecule has 0 saturated carbocycles. The Bertz CT molecular complexity index is 218. The second kappa shape index (κ2) is 11.2. The minimum absolute atomic E-state index is 0. The quantitative estimate of drug-likeness (QED) is 0.623. The number of aliphatic carboxylic acids is 1. The van der Waals surface area contributed by atoms with Crippen molar-refractivity contribution in [2.24, 2.45) is 11.3 Å². The molecule has 0 spiro atoms. The van der Waals surface area contributed by atoms with E-state index in [1.807, 2.05) is 0 Å². The van der Waals surface area contributed by atoms with Crippen molar-refractivity contribution in [1.82, 2.24) is 4.90 Å². The second-order valence-electron chi connectivity index (χ2n) is 4.82. The fraction of sp³-hybridized carbons (Fsp3) is 0.750. The number of carboxylic acids is 1. The third-order valence-corrected chi connectivity index (χ3v) is 1.94. The third-order valence-electron chi connectivity index (χ3n) is 1.94. The molecule has 1 amide bonds. The van der Waals surface area contributed by atoms with Crippen LogP contribution in [0.5, 0.6) is 0 Å². The standard InChI is InChI=1S/C7H12NO3.C5H11.Y/c1-7(2,6(10)11)4-8(3)5-9;1-4-5(2)3;/h4H2,1-3H3,(H,10,11);5H,1,4H2,2-3H3;/q2*-1;. The van der Waals surface area contributed by atoms with Crippen LogP contribution >= 0.6 is 0 Å². The fourth-order valence-electron chi connectivity index (χ4n) is 0.693. The Kier molecular flexibility index (Phi) is 14.6. The monoisotopic (exact) mass is 318 g/mol. The van der Waals surface area contributed by atoms with Crippen molar-refractivity contribution in [2.45, 2.75) is 34.1 Å². The van der Waals surface area contributed by atoms with Crippen molar-refractivity contribution in [3.05, 3.63) is 6.92 Å². The summed E-state index contributed by atoms with van der Waals surface area (Å²) in [5.41, 5.74) is -0.897. The molecule has 1 N–H and O–H groups in total. The summed E-state index contributed by atoms with van der Waals surface area (Å²) in [5, 5.41) is 8.63. The van der Waals surface area contributed by atoms with E-state index in [9.17, 15) is 9.59 Å². The zero-order chi connectivity index (χ0) is 13.4. The van der Waals surface area contributed by atoms with Gasteiger partial charge in [0.15, 0.2) is 0 Å². The van der Waals surface area contributed by atoms with E-state index in [0.717, 1.165) is 12.3 Å². The topological polar surface area (TPSA) is 57.6 Å². The van der Waals surface area contributed by atoms with E-state index in [-0.39, 0.29) is 39.3 Å². The average Bonchev–Trinajstić information content (AvgIpc) is 2.17.